The summed E-state index contributed by atoms with van der Waals surface area (Å²) < 4.78 is 0. The second-order valence-electron chi connectivity index (χ2n) is 2.58. The van der Waals surface area contributed by atoms with Gasteiger partial charge in [0.2, 0.25) is 0 Å². The monoisotopic (exact) mass is 204 g/mol. The van der Waals surface area contributed by atoms with E-state index in [-0.39, 0.29) is 0 Å². The third-order valence-electron chi connectivity index (χ3n) is 1.57. The molecule has 0 amide bonds. The highest BCUT2D eigenvalue weighted by atomic mass is 32.1. The van der Waals surface area contributed by atoms with Crippen molar-refractivity contribution < 1.29 is 0 Å². The van der Waals surface area contributed by atoms with Gasteiger partial charge in [0.1, 0.15) is 6.33 Å². The lowest BCUT2D eigenvalue weighted by molar-refractivity contribution is 1.15. The summed E-state index contributed by atoms with van der Waals surface area (Å²) in [4.78, 5) is 12.0. The SMILES string of the molecule is Nc1nc(/C=C/c2ccncn2)cs1. The molecule has 0 spiro atoms. The molecule has 70 valence electrons. The second kappa shape index (κ2) is 3.97. The molecular weight excluding hydrogens is 196 g/mol. The van der Waals surface area contributed by atoms with Gasteiger partial charge in [-0.3, -0.25) is 0 Å². The first-order valence-electron chi connectivity index (χ1n) is 4.00. The van der Waals surface area contributed by atoms with Crippen molar-refractivity contribution in [2.75, 3.05) is 5.73 Å². The molecule has 2 aromatic heterocycles. The lowest BCUT2D eigenvalue weighted by atomic mass is 10.3. The molecule has 5 heteroatoms. The standard InChI is InChI=1S/C9H8N4S/c10-9-13-8(5-14-9)2-1-7-3-4-11-6-12-7/h1-6H,(H2,10,13)/b2-1+. The molecular formula is C9H8N4S. The average Bonchev–Trinajstić information content (AvgIpc) is 2.63. The van der Waals surface area contributed by atoms with Gasteiger partial charge < -0.3 is 5.73 Å². The van der Waals surface area contributed by atoms with E-state index >= 15 is 0 Å². The minimum atomic E-state index is 0.576. The number of anilines is 1. The molecule has 2 N–H and O–H groups in total. The van der Waals surface area contributed by atoms with Gasteiger partial charge in [-0.05, 0) is 18.2 Å². The van der Waals surface area contributed by atoms with Crippen molar-refractivity contribution in [3.8, 4) is 0 Å². The van der Waals surface area contributed by atoms with Crippen LogP contribution in [0.4, 0.5) is 5.13 Å². The van der Waals surface area contributed by atoms with Crippen LogP contribution in [0.1, 0.15) is 11.4 Å². The van der Waals surface area contributed by atoms with E-state index in [4.69, 9.17) is 5.73 Å². The second-order valence-corrected chi connectivity index (χ2v) is 3.47. The van der Waals surface area contributed by atoms with Crippen molar-refractivity contribution >= 4 is 28.6 Å². The lowest BCUT2D eigenvalue weighted by Crippen LogP contribution is -1.82. The summed E-state index contributed by atoms with van der Waals surface area (Å²) in [7, 11) is 0. The summed E-state index contributed by atoms with van der Waals surface area (Å²) in [5.41, 5.74) is 7.20. The van der Waals surface area contributed by atoms with Gasteiger partial charge in [-0.1, -0.05) is 0 Å². The first-order valence-corrected chi connectivity index (χ1v) is 4.87. The molecule has 2 rings (SSSR count). The Kier molecular flexibility index (Phi) is 2.51. The molecule has 0 aliphatic carbocycles. The molecule has 0 fully saturated rings. The molecule has 0 bridgehead atoms. The molecule has 0 radical (unpaired) electrons. The fourth-order valence-electron chi connectivity index (χ4n) is 0.948. The predicted molar refractivity (Wildman–Crippen MR) is 57.5 cm³/mol. The van der Waals surface area contributed by atoms with Crippen LogP contribution >= 0.6 is 11.3 Å². The Bertz CT molecular complexity index is 435. The highest BCUT2D eigenvalue weighted by Gasteiger charge is 1.93. The van der Waals surface area contributed by atoms with E-state index in [1.165, 1.54) is 17.7 Å². The Balaban J connectivity index is 2.15. The maximum absolute atomic E-state index is 5.50. The van der Waals surface area contributed by atoms with Crippen LogP contribution in [0.3, 0.4) is 0 Å². The third-order valence-corrected chi connectivity index (χ3v) is 2.26. The van der Waals surface area contributed by atoms with Crippen molar-refractivity contribution in [2.45, 2.75) is 0 Å². The summed E-state index contributed by atoms with van der Waals surface area (Å²) in [6.45, 7) is 0. The predicted octanol–water partition coefficient (Wildman–Crippen LogP) is 1.69. The van der Waals surface area contributed by atoms with Crippen LogP contribution in [-0.4, -0.2) is 15.0 Å². The Morgan fingerprint density at radius 3 is 2.79 bits per heavy atom. The molecule has 0 aliphatic rings. The quantitative estimate of drug-likeness (QED) is 0.808. The summed E-state index contributed by atoms with van der Waals surface area (Å²) in [5, 5.41) is 2.47. The topological polar surface area (TPSA) is 64.7 Å². The number of nitrogen functional groups attached to an aromatic ring is 1. The van der Waals surface area contributed by atoms with Gasteiger partial charge >= 0.3 is 0 Å². The van der Waals surface area contributed by atoms with Gasteiger partial charge in [0.15, 0.2) is 5.13 Å². The van der Waals surface area contributed by atoms with Gasteiger partial charge in [-0.25, -0.2) is 15.0 Å². The van der Waals surface area contributed by atoms with E-state index in [2.05, 4.69) is 15.0 Å². The maximum Gasteiger partial charge on any atom is 0.180 e. The van der Waals surface area contributed by atoms with Crippen molar-refractivity contribution in [1.82, 2.24) is 15.0 Å². The highest BCUT2D eigenvalue weighted by molar-refractivity contribution is 7.13. The van der Waals surface area contributed by atoms with Crippen LogP contribution in [0.5, 0.6) is 0 Å². The number of rotatable bonds is 2. The number of thiazole rings is 1. The van der Waals surface area contributed by atoms with Crippen LogP contribution < -0.4 is 5.73 Å². The highest BCUT2D eigenvalue weighted by Crippen LogP contribution is 2.13. The minimum Gasteiger partial charge on any atom is -0.375 e. The molecule has 0 saturated heterocycles. The normalized spacial score (nSPS) is 10.9. The van der Waals surface area contributed by atoms with Gasteiger partial charge in [-0.15, -0.1) is 11.3 Å². The smallest absolute Gasteiger partial charge is 0.180 e. The van der Waals surface area contributed by atoms with Gasteiger partial charge in [-0.2, -0.15) is 0 Å². The zero-order valence-electron chi connectivity index (χ0n) is 7.29. The van der Waals surface area contributed by atoms with Crippen molar-refractivity contribution in [1.29, 1.82) is 0 Å². The average molecular weight is 204 g/mol. The van der Waals surface area contributed by atoms with Gasteiger partial charge in [0.05, 0.1) is 11.4 Å². The summed E-state index contributed by atoms with van der Waals surface area (Å²) in [6, 6.07) is 1.83. The Labute approximate surface area is 85.2 Å². The molecule has 0 aliphatic heterocycles. The van der Waals surface area contributed by atoms with Crippen molar-refractivity contribution in [3.63, 3.8) is 0 Å². The largest absolute Gasteiger partial charge is 0.375 e. The van der Waals surface area contributed by atoms with E-state index in [1.54, 1.807) is 6.20 Å². The van der Waals surface area contributed by atoms with Crippen molar-refractivity contribution in [3.05, 3.63) is 35.4 Å². The molecule has 14 heavy (non-hydrogen) atoms. The number of nitrogens with two attached hydrogens (primary N) is 1. The zero-order valence-corrected chi connectivity index (χ0v) is 8.11. The first-order chi connectivity index (χ1) is 6.84. The van der Waals surface area contributed by atoms with Crippen molar-refractivity contribution in [2.24, 2.45) is 0 Å². The Morgan fingerprint density at radius 2 is 2.14 bits per heavy atom. The fraction of sp³-hybridized carbons (Fsp3) is 0. The fourth-order valence-corrected chi connectivity index (χ4v) is 1.48. The molecule has 0 unspecified atom stereocenters. The van der Waals surface area contributed by atoms with E-state index in [9.17, 15) is 0 Å². The van der Waals surface area contributed by atoms with Gasteiger partial charge in [0.25, 0.3) is 0 Å². The molecule has 4 nitrogen and oxygen atoms in total. The lowest BCUT2D eigenvalue weighted by Gasteiger charge is -1.88. The summed E-state index contributed by atoms with van der Waals surface area (Å²) in [5.74, 6) is 0. The molecule has 0 atom stereocenters. The molecule has 2 aromatic rings. The van der Waals surface area contributed by atoms with Crippen LogP contribution in [0, 0.1) is 0 Å². The number of aromatic nitrogens is 3. The Hall–Kier alpha value is -1.75. The molecule has 0 aromatic carbocycles. The van der Waals surface area contributed by atoms with Gasteiger partial charge in [0, 0.05) is 11.6 Å². The maximum atomic E-state index is 5.50. The first kappa shape index (κ1) is 8.83. The third kappa shape index (κ3) is 2.14. The summed E-state index contributed by atoms with van der Waals surface area (Å²) >= 11 is 1.42. The van der Waals surface area contributed by atoms with Crippen LogP contribution in [0.2, 0.25) is 0 Å². The number of hydrogen-bond acceptors (Lipinski definition) is 5. The van der Waals surface area contributed by atoms with E-state index < -0.39 is 0 Å². The Morgan fingerprint density at radius 1 is 1.29 bits per heavy atom. The van der Waals surface area contributed by atoms with Crippen LogP contribution in [0.15, 0.2) is 24.0 Å². The van der Waals surface area contributed by atoms with E-state index in [1.807, 2.05) is 23.6 Å². The number of hydrogen-bond donors (Lipinski definition) is 1. The zero-order chi connectivity index (χ0) is 9.80. The van der Waals surface area contributed by atoms with E-state index in [0.717, 1.165) is 11.4 Å². The van der Waals surface area contributed by atoms with Crippen LogP contribution in [-0.2, 0) is 0 Å². The molecule has 0 saturated carbocycles. The number of nitrogens with zero attached hydrogens (tertiary/aromatic N) is 3. The van der Waals surface area contributed by atoms with Crippen LogP contribution in [0.25, 0.3) is 12.2 Å². The van der Waals surface area contributed by atoms with E-state index in [0.29, 0.717) is 5.13 Å². The minimum absolute atomic E-state index is 0.576. The summed E-state index contributed by atoms with van der Waals surface area (Å²) in [6.07, 6.45) is 6.95. The molecule has 2 heterocycles.